The van der Waals surface area contributed by atoms with E-state index in [-0.39, 0.29) is 0 Å². The van der Waals surface area contributed by atoms with Crippen LogP contribution in [0, 0.1) is 5.92 Å². The second-order valence-corrected chi connectivity index (χ2v) is 5.48. The fourth-order valence-corrected chi connectivity index (χ4v) is 2.26. The third-order valence-electron chi connectivity index (χ3n) is 3.16. The number of aliphatic hydroxyl groups excluding tert-OH is 1. The van der Waals surface area contributed by atoms with E-state index in [9.17, 15) is 5.11 Å². The predicted molar refractivity (Wildman–Crippen MR) is 76.0 cm³/mol. The van der Waals surface area contributed by atoms with E-state index in [4.69, 9.17) is 0 Å². The van der Waals surface area contributed by atoms with Gasteiger partial charge in [0, 0.05) is 19.5 Å². The van der Waals surface area contributed by atoms with Gasteiger partial charge >= 0.3 is 0 Å². The minimum absolute atomic E-state index is 0.460. The number of aliphatic hydroxyl groups is 1. The third-order valence-corrected chi connectivity index (χ3v) is 3.16. The van der Waals surface area contributed by atoms with E-state index in [2.05, 4.69) is 35.8 Å². The van der Waals surface area contributed by atoms with E-state index in [1.807, 2.05) is 9.25 Å². The predicted octanol–water partition coefficient (Wildman–Crippen LogP) is 1.82. The van der Waals surface area contributed by atoms with Crippen molar-refractivity contribution in [1.29, 1.82) is 0 Å². The summed E-state index contributed by atoms with van der Waals surface area (Å²) in [6.45, 7) is 8.06. The van der Waals surface area contributed by atoms with Crippen molar-refractivity contribution in [3.63, 3.8) is 0 Å². The molecule has 0 amide bonds. The largest absolute Gasteiger partial charge is 0.386 e. The minimum atomic E-state index is -0.598. The fraction of sp³-hybridized carbons (Fsp3) is 0.643. The van der Waals surface area contributed by atoms with Crippen LogP contribution in [0.4, 0.5) is 0 Å². The third kappa shape index (κ3) is 3.45. The summed E-state index contributed by atoms with van der Waals surface area (Å²) in [5.74, 6) is 1.31. The smallest absolute Gasteiger partial charge is 0.138 e. The first-order valence-corrected chi connectivity index (χ1v) is 7.16. The lowest BCUT2D eigenvalue weighted by Crippen LogP contribution is -2.15. The summed E-state index contributed by atoms with van der Waals surface area (Å²) in [7, 11) is 0. The van der Waals surface area contributed by atoms with Crippen LogP contribution in [0.2, 0.25) is 0 Å². The second-order valence-electron chi connectivity index (χ2n) is 5.48. The van der Waals surface area contributed by atoms with Gasteiger partial charge in [0.05, 0.1) is 18.2 Å². The molecule has 1 atom stereocenters. The van der Waals surface area contributed by atoms with Crippen LogP contribution in [-0.2, 0) is 19.5 Å². The number of imidazole rings is 1. The van der Waals surface area contributed by atoms with Crippen molar-refractivity contribution in [2.75, 3.05) is 0 Å². The maximum absolute atomic E-state index is 10.4. The Kier molecular flexibility index (Phi) is 4.89. The van der Waals surface area contributed by atoms with Gasteiger partial charge in [-0.15, -0.1) is 0 Å². The van der Waals surface area contributed by atoms with E-state index in [0.717, 1.165) is 31.0 Å². The molecule has 0 saturated carbocycles. The van der Waals surface area contributed by atoms with Crippen molar-refractivity contribution >= 4 is 0 Å². The molecule has 0 radical (unpaired) electrons. The molecule has 0 aliphatic rings. The first-order chi connectivity index (χ1) is 9.61. The SMILES string of the molecule is CCCn1cncc1C(O)Cc1ncnn1CC(C)C. The van der Waals surface area contributed by atoms with Crippen molar-refractivity contribution in [3.05, 3.63) is 30.4 Å². The molecule has 0 aromatic carbocycles. The normalized spacial score (nSPS) is 13.1. The highest BCUT2D eigenvalue weighted by Crippen LogP contribution is 2.17. The average Bonchev–Trinajstić information content (AvgIpc) is 2.99. The van der Waals surface area contributed by atoms with E-state index in [1.165, 1.54) is 0 Å². The molecule has 2 rings (SSSR count). The van der Waals surface area contributed by atoms with Gasteiger partial charge in [0.15, 0.2) is 0 Å². The van der Waals surface area contributed by atoms with Gasteiger partial charge in [-0.25, -0.2) is 14.6 Å². The van der Waals surface area contributed by atoms with Gasteiger partial charge in [-0.2, -0.15) is 5.10 Å². The zero-order valence-electron chi connectivity index (χ0n) is 12.4. The molecule has 2 aromatic heterocycles. The monoisotopic (exact) mass is 277 g/mol. The molecule has 0 fully saturated rings. The first-order valence-electron chi connectivity index (χ1n) is 7.16. The maximum atomic E-state index is 10.4. The fourth-order valence-electron chi connectivity index (χ4n) is 2.26. The van der Waals surface area contributed by atoms with Crippen LogP contribution in [0.15, 0.2) is 18.9 Å². The highest BCUT2D eigenvalue weighted by molar-refractivity contribution is 5.05. The standard InChI is InChI=1S/C14H23N5O/c1-4-5-18-10-15-7-12(18)13(20)6-14-16-9-17-19(14)8-11(2)3/h7,9-11,13,20H,4-6,8H2,1-3H3. The Morgan fingerprint density at radius 2 is 2.15 bits per heavy atom. The molecule has 1 N–H and O–H groups in total. The van der Waals surface area contributed by atoms with Gasteiger partial charge in [0.25, 0.3) is 0 Å². The Bertz CT molecular complexity index is 531. The summed E-state index contributed by atoms with van der Waals surface area (Å²) >= 11 is 0. The zero-order chi connectivity index (χ0) is 14.5. The van der Waals surface area contributed by atoms with Crippen LogP contribution in [0.1, 0.15) is 44.8 Å². The number of aromatic nitrogens is 5. The molecule has 1 unspecified atom stereocenters. The first kappa shape index (κ1) is 14.7. The second kappa shape index (κ2) is 6.65. The van der Waals surface area contributed by atoms with Crippen LogP contribution in [0.5, 0.6) is 0 Å². The van der Waals surface area contributed by atoms with Crippen LogP contribution in [0.25, 0.3) is 0 Å². The van der Waals surface area contributed by atoms with E-state index < -0.39 is 6.10 Å². The van der Waals surface area contributed by atoms with Crippen molar-refractivity contribution in [2.45, 2.75) is 52.8 Å². The molecule has 2 aromatic rings. The lowest BCUT2D eigenvalue weighted by molar-refractivity contribution is 0.163. The summed E-state index contributed by atoms with van der Waals surface area (Å²) in [6.07, 6.45) is 5.92. The highest BCUT2D eigenvalue weighted by atomic mass is 16.3. The molecule has 0 spiro atoms. The summed E-state index contributed by atoms with van der Waals surface area (Å²) in [4.78, 5) is 8.38. The zero-order valence-corrected chi connectivity index (χ0v) is 12.4. The van der Waals surface area contributed by atoms with Crippen molar-refractivity contribution < 1.29 is 5.11 Å². The average molecular weight is 277 g/mol. The molecule has 0 saturated heterocycles. The number of hydrogen-bond donors (Lipinski definition) is 1. The summed E-state index contributed by atoms with van der Waals surface area (Å²) in [5.41, 5.74) is 0.839. The van der Waals surface area contributed by atoms with Crippen molar-refractivity contribution in [1.82, 2.24) is 24.3 Å². The van der Waals surface area contributed by atoms with Crippen molar-refractivity contribution in [3.8, 4) is 0 Å². The number of hydrogen-bond acceptors (Lipinski definition) is 4. The Hall–Kier alpha value is -1.69. The van der Waals surface area contributed by atoms with E-state index >= 15 is 0 Å². The van der Waals surface area contributed by atoms with Crippen molar-refractivity contribution in [2.24, 2.45) is 5.92 Å². The highest BCUT2D eigenvalue weighted by Gasteiger charge is 2.17. The minimum Gasteiger partial charge on any atom is -0.386 e. The van der Waals surface area contributed by atoms with Gasteiger partial charge in [-0.05, 0) is 12.3 Å². The van der Waals surface area contributed by atoms with Gasteiger partial charge in [0.1, 0.15) is 18.3 Å². The van der Waals surface area contributed by atoms with Crippen LogP contribution in [0.3, 0.4) is 0 Å². The maximum Gasteiger partial charge on any atom is 0.138 e. The van der Waals surface area contributed by atoms with E-state index in [1.54, 1.807) is 18.9 Å². The van der Waals surface area contributed by atoms with Gasteiger partial charge in [-0.3, -0.25) is 0 Å². The molecule has 2 heterocycles. The Balaban J connectivity index is 2.09. The Morgan fingerprint density at radius 1 is 1.35 bits per heavy atom. The summed E-state index contributed by atoms with van der Waals surface area (Å²) in [6, 6.07) is 0. The summed E-state index contributed by atoms with van der Waals surface area (Å²) < 4.78 is 3.86. The van der Waals surface area contributed by atoms with Gasteiger partial charge in [-0.1, -0.05) is 20.8 Å². The molecule has 6 heteroatoms. The van der Waals surface area contributed by atoms with Gasteiger partial charge in [0.2, 0.25) is 0 Å². The Labute approximate surface area is 119 Å². The van der Waals surface area contributed by atoms with Gasteiger partial charge < -0.3 is 9.67 Å². The topological polar surface area (TPSA) is 68.8 Å². The molecule has 0 aliphatic heterocycles. The van der Waals surface area contributed by atoms with Crippen LogP contribution < -0.4 is 0 Å². The quantitative estimate of drug-likeness (QED) is 0.838. The molecule has 110 valence electrons. The Morgan fingerprint density at radius 3 is 2.85 bits per heavy atom. The molecular formula is C14H23N5O. The van der Waals surface area contributed by atoms with Crippen LogP contribution in [-0.4, -0.2) is 29.4 Å². The van der Waals surface area contributed by atoms with E-state index in [0.29, 0.717) is 12.3 Å². The summed E-state index contributed by atoms with van der Waals surface area (Å²) in [5, 5.41) is 14.6. The molecule has 20 heavy (non-hydrogen) atoms. The molecule has 0 bridgehead atoms. The lowest BCUT2D eigenvalue weighted by atomic mass is 10.1. The molecule has 0 aliphatic carbocycles. The number of nitrogens with zero attached hydrogens (tertiary/aromatic N) is 5. The number of aryl methyl sites for hydroxylation is 1. The van der Waals surface area contributed by atoms with Crippen LogP contribution >= 0.6 is 0 Å². The lowest BCUT2D eigenvalue weighted by Gasteiger charge is -2.14. The molecule has 6 nitrogen and oxygen atoms in total. The molecular weight excluding hydrogens is 254 g/mol. The number of rotatable bonds is 7.